The first kappa shape index (κ1) is 10.5. The van der Waals surface area contributed by atoms with Crippen LogP contribution < -0.4 is 5.73 Å². The van der Waals surface area contributed by atoms with Crippen molar-refractivity contribution in [3.8, 4) is 0 Å². The number of rotatable bonds is 2. The molecule has 4 heteroatoms. The molecule has 1 heterocycles. The van der Waals surface area contributed by atoms with Crippen LogP contribution in [-0.2, 0) is 4.79 Å². The SMILES string of the molecule is NC1(C(=O)N2CC(O)(C3CC3)C2)CCCC1. The molecule has 3 N–H and O–H groups in total. The van der Waals surface area contributed by atoms with E-state index >= 15 is 0 Å². The Bertz CT molecular complexity index is 313. The van der Waals surface area contributed by atoms with Gasteiger partial charge in [-0.15, -0.1) is 0 Å². The zero-order valence-electron chi connectivity index (χ0n) is 9.61. The molecule has 0 atom stereocenters. The molecule has 0 unspecified atom stereocenters. The summed E-state index contributed by atoms with van der Waals surface area (Å²) in [6, 6.07) is 0. The lowest BCUT2D eigenvalue weighted by Gasteiger charge is -2.49. The van der Waals surface area contributed by atoms with Gasteiger partial charge < -0.3 is 15.7 Å². The third-order valence-corrected chi connectivity index (χ3v) is 4.48. The molecule has 3 aliphatic rings. The third-order valence-electron chi connectivity index (χ3n) is 4.48. The van der Waals surface area contributed by atoms with Gasteiger partial charge in [-0.05, 0) is 31.6 Å². The number of amides is 1. The first-order valence-electron chi connectivity index (χ1n) is 6.34. The molecule has 90 valence electrons. The fourth-order valence-corrected chi connectivity index (χ4v) is 3.17. The Morgan fingerprint density at radius 3 is 2.31 bits per heavy atom. The largest absolute Gasteiger partial charge is 0.386 e. The molecule has 1 saturated heterocycles. The van der Waals surface area contributed by atoms with Gasteiger partial charge in [-0.1, -0.05) is 12.8 Å². The Balaban J connectivity index is 1.61. The number of hydrogen-bond acceptors (Lipinski definition) is 3. The Labute approximate surface area is 95.8 Å². The molecule has 0 bridgehead atoms. The van der Waals surface area contributed by atoms with Gasteiger partial charge in [0.2, 0.25) is 5.91 Å². The predicted molar refractivity (Wildman–Crippen MR) is 59.6 cm³/mol. The van der Waals surface area contributed by atoms with E-state index in [4.69, 9.17) is 5.73 Å². The fraction of sp³-hybridized carbons (Fsp3) is 0.917. The highest BCUT2D eigenvalue weighted by Crippen LogP contribution is 2.45. The summed E-state index contributed by atoms with van der Waals surface area (Å²) in [5.41, 5.74) is 4.92. The maximum absolute atomic E-state index is 12.2. The Morgan fingerprint density at radius 2 is 1.81 bits per heavy atom. The van der Waals surface area contributed by atoms with E-state index in [0.717, 1.165) is 38.5 Å². The van der Waals surface area contributed by atoms with Crippen LogP contribution in [0.15, 0.2) is 0 Å². The summed E-state index contributed by atoms with van der Waals surface area (Å²) in [4.78, 5) is 13.9. The summed E-state index contributed by atoms with van der Waals surface area (Å²) >= 11 is 0. The standard InChI is InChI=1S/C12H20N2O2/c13-11(5-1-2-6-11)10(15)14-7-12(16,8-14)9-3-4-9/h9,16H,1-8,13H2. The highest BCUT2D eigenvalue weighted by atomic mass is 16.3. The number of nitrogens with two attached hydrogens (primary N) is 1. The van der Waals surface area contributed by atoms with Crippen LogP contribution in [0.2, 0.25) is 0 Å². The number of β-amino-alcohol motifs (C(OH)–C–C–N with tert-alkyl or cyclic N) is 1. The zero-order valence-corrected chi connectivity index (χ0v) is 9.61. The van der Waals surface area contributed by atoms with Crippen LogP contribution in [0.5, 0.6) is 0 Å². The molecule has 0 aromatic carbocycles. The fourth-order valence-electron chi connectivity index (χ4n) is 3.17. The summed E-state index contributed by atoms with van der Waals surface area (Å²) in [6.45, 7) is 1.02. The molecule has 16 heavy (non-hydrogen) atoms. The van der Waals surface area contributed by atoms with Crippen LogP contribution in [0.3, 0.4) is 0 Å². The molecule has 3 fully saturated rings. The number of carbonyl (C=O) groups is 1. The third kappa shape index (κ3) is 1.47. The van der Waals surface area contributed by atoms with Gasteiger partial charge in [-0.25, -0.2) is 0 Å². The van der Waals surface area contributed by atoms with Crippen molar-refractivity contribution in [2.45, 2.75) is 49.7 Å². The highest BCUT2D eigenvalue weighted by Gasteiger charge is 2.55. The number of aliphatic hydroxyl groups is 1. The maximum atomic E-state index is 12.2. The lowest BCUT2D eigenvalue weighted by atomic mass is 9.85. The van der Waals surface area contributed by atoms with Crippen molar-refractivity contribution in [2.75, 3.05) is 13.1 Å². The molecule has 0 aromatic heterocycles. The van der Waals surface area contributed by atoms with Crippen molar-refractivity contribution >= 4 is 5.91 Å². The van der Waals surface area contributed by atoms with E-state index in [1.807, 2.05) is 0 Å². The van der Waals surface area contributed by atoms with E-state index in [1.165, 1.54) is 0 Å². The molecular weight excluding hydrogens is 204 g/mol. The lowest BCUT2D eigenvalue weighted by molar-refractivity contribution is -0.164. The number of nitrogens with zero attached hydrogens (tertiary/aromatic N) is 1. The van der Waals surface area contributed by atoms with E-state index in [-0.39, 0.29) is 5.91 Å². The van der Waals surface area contributed by atoms with E-state index in [0.29, 0.717) is 19.0 Å². The minimum Gasteiger partial charge on any atom is -0.386 e. The summed E-state index contributed by atoms with van der Waals surface area (Å²) in [5, 5.41) is 10.2. The molecule has 0 spiro atoms. The van der Waals surface area contributed by atoms with Gasteiger partial charge in [0, 0.05) is 0 Å². The van der Waals surface area contributed by atoms with Gasteiger partial charge in [0.05, 0.1) is 18.6 Å². The second-order valence-electron chi connectivity index (χ2n) is 5.90. The Morgan fingerprint density at radius 1 is 1.25 bits per heavy atom. The molecular formula is C12H20N2O2. The smallest absolute Gasteiger partial charge is 0.242 e. The summed E-state index contributed by atoms with van der Waals surface area (Å²) in [6.07, 6.45) is 5.97. The van der Waals surface area contributed by atoms with Gasteiger partial charge in [0.25, 0.3) is 0 Å². The quantitative estimate of drug-likeness (QED) is 0.706. The van der Waals surface area contributed by atoms with Gasteiger partial charge in [-0.2, -0.15) is 0 Å². The number of hydrogen-bond donors (Lipinski definition) is 2. The second kappa shape index (κ2) is 3.20. The molecule has 0 radical (unpaired) electrons. The van der Waals surface area contributed by atoms with Crippen molar-refractivity contribution in [1.82, 2.24) is 4.90 Å². The van der Waals surface area contributed by atoms with E-state index in [1.54, 1.807) is 4.90 Å². The summed E-state index contributed by atoms with van der Waals surface area (Å²) in [7, 11) is 0. The summed E-state index contributed by atoms with van der Waals surface area (Å²) < 4.78 is 0. The first-order chi connectivity index (χ1) is 7.54. The first-order valence-corrected chi connectivity index (χ1v) is 6.34. The average molecular weight is 224 g/mol. The summed E-state index contributed by atoms with van der Waals surface area (Å²) in [5.74, 6) is 0.504. The van der Waals surface area contributed by atoms with Crippen molar-refractivity contribution in [3.05, 3.63) is 0 Å². The number of carbonyl (C=O) groups excluding carboxylic acids is 1. The molecule has 1 amide bonds. The van der Waals surface area contributed by atoms with Crippen molar-refractivity contribution in [1.29, 1.82) is 0 Å². The number of likely N-dealkylation sites (tertiary alicyclic amines) is 1. The van der Waals surface area contributed by atoms with Crippen LogP contribution in [0.1, 0.15) is 38.5 Å². The van der Waals surface area contributed by atoms with Gasteiger partial charge >= 0.3 is 0 Å². The van der Waals surface area contributed by atoms with Gasteiger partial charge in [-0.3, -0.25) is 4.79 Å². The van der Waals surface area contributed by atoms with E-state index in [2.05, 4.69) is 0 Å². The van der Waals surface area contributed by atoms with Gasteiger partial charge in [0.15, 0.2) is 0 Å². The molecule has 3 rings (SSSR count). The molecule has 2 saturated carbocycles. The maximum Gasteiger partial charge on any atom is 0.242 e. The molecule has 0 aromatic rings. The van der Waals surface area contributed by atoms with Gasteiger partial charge in [0.1, 0.15) is 5.60 Å². The minimum absolute atomic E-state index is 0.0651. The van der Waals surface area contributed by atoms with Crippen LogP contribution in [0, 0.1) is 5.92 Å². The minimum atomic E-state index is -0.620. The topological polar surface area (TPSA) is 66.6 Å². The van der Waals surface area contributed by atoms with Crippen LogP contribution in [0.4, 0.5) is 0 Å². The van der Waals surface area contributed by atoms with Crippen molar-refractivity contribution < 1.29 is 9.90 Å². The van der Waals surface area contributed by atoms with E-state index < -0.39 is 11.1 Å². The molecule has 2 aliphatic carbocycles. The van der Waals surface area contributed by atoms with Crippen LogP contribution in [0.25, 0.3) is 0 Å². The second-order valence-corrected chi connectivity index (χ2v) is 5.90. The van der Waals surface area contributed by atoms with Crippen molar-refractivity contribution in [2.24, 2.45) is 11.7 Å². The monoisotopic (exact) mass is 224 g/mol. The van der Waals surface area contributed by atoms with Crippen LogP contribution >= 0.6 is 0 Å². The highest BCUT2D eigenvalue weighted by molar-refractivity contribution is 5.87. The molecule has 4 nitrogen and oxygen atoms in total. The van der Waals surface area contributed by atoms with Crippen molar-refractivity contribution in [3.63, 3.8) is 0 Å². The Kier molecular flexibility index (Phi) is 2.11. The predicted octanol–water partition coefficient (Wildman–Crippen LogP) is 0.241. The van der Waals surface area contributed by atoms with Crippen LogP contribution in [-0.4, -0.2) is 40.1 Å². The average Bonchev–Trinajstić information content (AvgIpc) is 2.97. The normalized spacial score (nSPS) is 31.2. The zero-order chi connectivity index (χ0) is 11.4. The Hall–Kier alpha value is -0.610. The van der Waals surface area contributed by atoms with E-state index in [9.17, 15) is 9.90 Å². The molecule has 1 aliphatic heterocycles. The lowest BCUT2D eigenvalue weighted by Crippen LogP contribution is -2.69.